The van der Waals surface area contributed by atoms with E-state index in [0.29, 0.717) is 16.5 Å². The molecule has 0 heterocycles. The highest BCUT2D eigenvalue weighted by Crippen LogP contribution is 2.36. The molecule has 0 saturated carbocycles. The van der Waals surface area contributed by atoms with Crippen molar-refractivity contribution in [3.63, 3.8) is 0 Å². The molecule has 18 heavy (non-hydrogen) atoms. The van der Waals surface area contributed by atoms with Crippen LogP contribution in [0.4, 0.5) is 0 Å². The summed E-state index contributed by atoms with van der Waals surface area (Å²) >= 11 is 6.31. The Balaban J connectivity index is 3.06. The minimum Gasteiger partial charge on any atom is -0.493 e. The van der Waals surface area contributed by atoms with Crippen LogP contribution >= 0.6 is 11.6 Å². The molecule has 0 aliphatic heterocycles. The lowest BCUT2D eigenvalue weighted by molar-refractivity contribution is 0.353. The Labute approximate surface area is 114 Å². The number of hydrogen-bond donors (Lipinski definition) is 1. The fourth-order valence-corrected chi connectivity index (χ4v) is 2.29. The molecule has 102 valence electrons. The summed E-state index contributed by atoms with van der Waals surface area (Å²) in [4.78, 5) is 0. The zero-order valence-electron chi connectivity index (χ0n) is 11.5. The molecule has 1 N–H and O–H groups in total. The average Bonchev–Trinajstić information content (AvgIpc) is 2.40. The van der Waals surface area contributed by atoms with Gasteiger partial charge in [-0.2, -0.15) is 0 Å². The Hall–Kier alpha value is -0.930. The molecule has 0 aliphatic carbocycles. The van der Waals surface area contributed by atoms with Crippen molar-refractivity contribution in [3.05, 3.63) is 22.7 Å². The Morgan fingerprint density at radius 2 is 1.83 bits per heavy atom. The molecule has 4 heteroatoms. The molecule has 0 spiro atoms. The van der Waals surface area contributed by atoms with Crippen LogP contribution in [0.2, 0.25) is 5.02 Å². The van der Waals surface area contributed by atoms with Gasteiger partial charge in [-0.3, -0.25) is 0 Å². The van der Waals surface area contributed by atoms with Crippen LogP contribution < -0.4 is 14.8 Å². The van der Waals surface area contributed by atoms with Crippen molar-refractivity contribution in [1.29, 1.82) is 0 Å². The molecular formula is C14H22ClNO2. The summed E-state index contributed by atoms with van der Waals surface area (Å²) in [6.07, 6.45) is 3.39. The van der Waals surface area contributed by atoms with E-state index in [-0.39, 0.29) is 6.04 Å². The van der Waals surface area contributed by atoms with Gasteiger partial charge in [-0.15, -0.1) is 0 Å². The number of hydrogen-bond acceptors (Lipinski definition) is 3. The lowest BCUT2D eigenvalue weighted by atomic mass is 10.0. The summed E-state index contributed by atoms with van der Waals surface area (Å²) in [6.45, 7) is 2.18. The maximum absolute atomic E-state index is 6.31. The van der Waals surface area contributed by atoms with Crippen LogP contribution in [0.1, 0.15) is 37.8 Å². The van der Waals surface area contributed by atoms with Crippen molar-refractivity contribution in [3.8, 4) is 11.5 Å². The predicted octanol–water partition coefficient (Wildman–Crippen LogP) is 3.81. The number of rotatable bonds is 7. The molecule has 0 aromatic heterocycles. The quantitative estimate of drug-likeness (QED) is 0.818. The Kier molecular flexibility index (Phi) is 6.30. The van der Waals surface area contributed by atoms with Gasteiger partial charge in [-0.25, -0.2) is 0 Å². The molecule has 3 nitrogen and oxygen atoms in total. The van der Waals surface area contributed by atoms with Crippen molar-refractivity contribution in [2.24, 2.45) is 0 Å². The second-order valence-electron chi connectivity index (χ2n) is 4.21. The van der Waals surface area contributed by atoms with Gasteiger partial charge in [0, 0.05) is 17.1 Å². The van der Waals surface area contributed by atoms with Gasteiger partial charge in [0.2, 0.25) is 0 Å². The number of ether oxygens (including phenoxy) is 2. The van der Waals surface area contributed by atoms with Gasteiger partial charge in [-0.1, -0.05) is 31.4 Å². The van der Waals surface area contributed by atoms with E-state index in [0.717, 1.165) is 18.4 Å². The molecule has 0 aliphatic rings. The van der Waals surface area contributed by atoms with E-state index in [4.69, 9.17) is 21.1 Å². The van der Waals surface area contributed by atoms with Gasteiger partial charge in [0.15, 0.2) is 11.5 Å². The van der Waals surface area contributed by atoms with E-state index in [1.54, 1.807) is 14.2 Å². The van der Waals surface area contributed by atoms with E-state index < -0.39 is 0 Å². The van der Waals surface area contributed by atoms with E-state index >= 15 is 0 Å². The van der Waals surface area contributed by atoms with E-state index in [1.807, 2.05) is 19.2 Å². The van der Waals surface area contributed by atoms with Gasteiger partial charge >= 0.3 is 0 Å². The lowest BCUT2D eigenvalue weighted by Crippen LogP contribution is -2.16. The van der Waals surface area contributed by atoms with Gasteiger partial charge in [0.1, 0.15) is 0 Å². The third-order valence-corrected chi connectivity index (χ3v) is 3.40. The van der Waals surface area contributed by atoms with Crippen LogP contribution in [0.15, 0.2) is 12.1 Å². The van der Waals surface area contributed by atoms with Crippen molar-refractivity contribution < 1.29 is 9.47 Å². The van der Waals surface area contributed by atoms with Crippen LogP contribution in [-0.4, -0.2) is 21.3 Å². The fraction of sp³-hybridized carbons (Fsp3) is 0.571. The minimum absolute atomic E-state index is 0.247. The van der Waals surface area contributed by atoms with Crippen LogP contribution in [0.3, 0.4) is 0 Å². The SMILES string of the molecule is CCCCC(NC)c1cc(OC)c(OC)cc1Cl. The smallest absolute Gasteiger partial charge is 0.162 e. The molecule has 0 saturated heterocycles. The van der Waals surface area contributed by atoms with Crippen molar-refractivity contribution in [2.75, 3.05) is 21.3 Å². The maximum Gasteiger partial charge on any atom is 0.162 e. The molecule has 0 fully saturated rings. The number of unbranched alkanes of at least 4 members (excludes halogenated alkanes) is 1. The highest BCUT2D eigenvalue weighted by Gasteiger charge is 2.16. The van der Waals surface area contributed by atoms with Gasteiger partial charge < -0.3 is 14.8 Å². The summed E-state index contributed by atoms with van der Waals surface area (Å²) in [5, 5.41) is 4.01. The number of halogens is 1. The second kappa shape index (κ2) is 7.49. The van der Waals surface area contributed by atoms with Crippen LogP contribution in [0.5, 0.6) is 11.5 Å². The van der Waals surface area contributed by atoms with E-state index in [9.17, 15) is 0 Å². The largest absolute Gasteiger partial charge is 0.493 e. The Morgan fingerprint density at radius 1 is 1.22 bits per heavy atom. The third-order valence-electron chi connectivity index (χ3n) is 3.07. The highest BCUT2D eigenvalue weighted by atomic mass is 35.5. The Bertz CT molecular complexity index is 382. The first-order chi connectivity index (χ1) is 8.67. The fourth-order valence-electron chi connectivity index (χ4n) is 2.00. The molecular weight excluding hydrogens is 250 g/mol. The van der Waals surface area contributed by atoms with Crippen molar-refractivity contribution >= 4 is 11.6 Å². The van der Waals surface area contributed by atoms with Crippen LogP contribution in [-0.2, 0) is 0 Å². The molecule has 1 atom stereocenters. The average molecular weight is 272 g/mol. The minimum atomic E-state index is 0.247. The predicted molar refractivity (Wildman–Crippen MR) is 75.9 cm³/mol. The molecule has 1 aromatic carbocycles. The first-order valence-corrected chi connectivity index (χ1v) is 6.64. The monoisotopic (exact) mass is 271 g/mol. The maximum atomic E-state index is 6.31. The normalized spacial score (nSPS) is 12.3. The molecule has 0 bridgehead atoms. The first-order valence-electron chi connectivity index (χ1n) is 6.26. The third kappa shape index (κ3) is 3.53. The molecule has 0 radical (unpaired) electrons. The van der Waals surface area contributed by atoms with Gasteiger partial charge in [-0.05, 0) is 25.1 Å². The van der Waals surface area contributed by atoms with E-state index in [2.05, 4.69) is 12.2 Å². The summed E-state index contributed by atoms with van der Waals surface area (Å²) in [6, 6.07) is 4.02. The van der Waals surface area contributed by atoms with Crippen molar-refractivity contribution in [2.45, 2.75) is 32.2 Å². The topological polar surface area (TPSA) is 30.5 Å². The summed E-state index contributed by atoms with van der Waals surface area (Å²) in [7, 11) is 5.20. The Morgan fingerprint density at radius 3 is 2.33 bits per heavy atom. The van der Waals surface area contributed by atoms with E-state index in [1.165, 1.54) is 6.42 Å². The zero-order chi connectivity index (χ0) is 13.5. The van der Waals surface area contributed by atoms with Crippen LogP contribution in [0.25, 0.3) is 0 Å². The second-order valence-corrected chi connectivity index (χ2v) is 4.62. The van der Waals surface area contributed by atoms with Gasteiger partial charge in [0.05, 0.1) is 14.2 Å². The molecule has 1 aromatic rings. The van der Waals surface area contributed by atoms with Crippen LogP contribution in [0, 0.1) is 0 Å². The summed E-state index contributed by atoms with van der Waals surface area (Å²) in [5.41, 5.74) is 1.06. The molecule has 1 unspecified atom stereocenters. The number of nitrogens with one attached hydrogen (secondary N) is 1. The standard InChI is InChI=1S/C14H22ClNO2/c1-5-6-7-12(16-2)10-8-13(17-3)14(18-4)9-11(10)15/h8-9,12,16H,5-7H2,1-4H3. The summed E-state index contributed by atoms with van der Waals surface area (Å²) < 4.78 is 10.6. The zero-order valence-corrected chi connectivity index (χ0v) is 12.3. The summed E-state index contributed by atoms with van der Waals surface area (Å²) in [5.74, 6) is 1.38. The van der Waals surface area contributed by atoms with Gasteiger partial charge in [0.25, 0.3) is 0 Å². The molecule has 0 amide bonds. The highest BCUT2D eigenvalue weighted by molar-refractivity contribution is 6.31. The molecule has 1 rings (SSSR count). The first kappa shape index (κ1) is 15.1. The number of methoxy groups -OCH3 is 2. The van der Waals surface area contributed by atoms with Crippen molar-refractivity contribution in [1.82, 2.24) is 5.32 Å². The number of benzene rings is 1. The lowest BCUT2D eigenvalue weighted by Gasteiger charge is -2.19.